The van der Waals surface area contributed by atoms with Gasteiger partial charge in [-0.05, 0) is 61.7 Å². The molecule has 32 heavy (non-hydrogen) atoms. The Morgan fingerprint density at radius 2 is 1.72 bits per heavy atom. The minimum atomic E-state index is -0.515. The van der Waals surface area contributed by atoms with Crippen molar-refractivity contribution in [1.29, 1.82) is 0 Å². The van der Waals surface area contributed by atoms with Crippen LogP contribution in [0.4, 0.5) is 0 Å². The van der Waals surface area contributed by atoms with E-state index in [1.165, 1.54) is 0 Å². The fourth-order valence-electron chi connectivity index (χ4n) is 3.22. The van der Waals surface area contributed by atoms with Crippen LogP contribution < -0.4 is 10.1 Å². The number of hydrogen-bond donors (Lipinski definition) is 1. The third-order valence-electron chi connectivity index (χ3n) is 5.30. The standard InChI is InChI=1S/C25H33ClN2O3S/c1-5-18(3)27-25(30)23(6-2)28(17-19-7-11-21(31-4)12-8-19)24(29)15-16-32-22-13-9-20(26)10-14-22/h7-14,18,23H,5-6,15-17H2,1-4H3,(H,27,30)/t18-,23-/m1/s1. The van der Waals surface area contributed by atoms with Gasteiger partial charge in [-0.3, -0.25) is 9.59 Å². The maximum Gasteiger partial charge on any atom is 0.243 e. The van der Waals surface area contributed by atoms with E-state index in [4.69, 9.17) is 16.3 Å². The number of amides is 2. The number of carbonyl (C=O) groups is 2. The highest BCUT2D eigenvalue weighted by Crippen LogP contribution is 2.22. The molecule has 0 spiro atoms. The maximum absolute atomic E-state index is 13.3. The fraction of sp³-hybridized carbons (Fsp3) is 0.440. The first kappa shape index (κ1) is 26.1. The van der Waals surface area contributed by atoms with E-state index < -0.39 is 6.04 Å². The van der Waals surface area contributed by atoms with Crippen LogP contribution >= 0.6 is 23.4 Å². The van der Waals surface area contributed by atoms with Crippen LogP contribution in [0.25, 0.3) is 0 Å². The first-order valence-corrected chi connectivity index (χ1v) is 12.3. The summed E-state index contributed by atoms with van der Waals surface area (Å²) in [6.07, 6.45) is 1.73. The van der Waals surface area contributed by atoms with Crippen LogP contribution in [-0.2, 0) is 16.1 Å². The van der Waals surface area contributed by atoms with E-state index in [1.54, 1.807) is 23.8 Å². The van der Waals surface area contributed by atoms with Gasteiger partial charge in [0.05, 0.1) is 7.11 Å². The van der Waals surface area contributed by atoms with E-state index in [9.17, 15) is 9.59 Å². The van der Waals surface area contributed by atoms with Crippen LogP contribution in [0, 0.1) is 0 Å². The molecule has 7 heteroatoms. The monoisotopic (exact) mass is 476 g/mol. The van der Waals surface area contributed by atoms with Crippen LogP contribution in [0.3, 0.4) is 0 Å². The molecule has 174 valence electrons. The first-order chi connectivity index (χ1) is 15.4. The zero-order valence-corrected chi connectivity index (χ0v) is 20.8. The number of methoxy groups -OCH3 is 1. The van der Waals surface area contributed by atoms with Crippen molar-refractivity contribution in [2.24, 2.45) is 0 Å². The van der Waals surface area contributed by atoms with Crippen LogP contribution in [0.5, 0.6) is 5.75 Å². The number of nitrogens with one attached hydrogen (secondary N) is 1. The number of thioether (sulfide) groups is 1. The number of benzene rings is 2. The molecular formula is C25H33ClN2O3S. The lowest BCUT2D eigenvalue weighted by Crippen LogP contribution is -2.50. The minimum Gasteiger partial charge on any atom is -0.497 e. The summed E-state index contributed by atoms with van der Waals surface area (Å²) < 4.78 is 5.23. The van der Waals surface area contributed by atoms with E-state index in [0.29, 0.717) is 30.2 Å². The first-order valence-electron chi connectivity index (χ1n) is 11.0. The molecule has 2 atom stereocenters. The Labute approximate surface area is 200 Å². The maximum atomic E-state index is 13.3. The van der Waals surface area contributed by atoms with Gasteiger partial charge in [-0.25, -0.2) is 0 Å². The zero-order chi connectivity index (χ0) is 23.5. The van der Waals surface area contributed by atoms with Gasteiger partial charge in [0.1, 0.15) is 11.8 Å². The molecule has 0 radical (unpaired) electrons. The predicted molar refractivity (Wildman–Crippen MR) is 132 cm³/mol. The van der Waals surface area contributed by atoms with Crippen LogP contribution in [0.1, 0.15) is 45.6 Å². The molecule has 0 saturated heterocycles. The van der Waals surface area contributed by atoms with E-state index in [-0.39, 0.29) is 17.9 Å². The lowest BCUT2D eigenvalue weighted by Gasteiger charge is -2.31. The third-order valence-corrected chi connectivity index (χ3v) is 6.56. The van der Waals surface area contributed by atoms with Crippen molar-refractivity contribution < 1.29 is 14.3 Å². The molecule has 2 aromatic carbocycles. The average molecular weight is 477 g/mol. The van der Waals surface area contributed by atoms with Crippen molar-refractivity contribution in [3.05, 3.63) is 59.1 Å². The summed E-state index contributed by atoms with van der Waals surface area (Å²) in [7, 11) is 1.62. The Morgan fingerprint density at radius 1 is 1.06 bits per heavy atom. The van der Waals surface area contributed by atoms with Gasteiger partial charge in [0, 0.05) is 34.7 Å². The third kappa shape index (κ3) is 8.06. The summed E-state index contributed by atoms with van der Waals surface area (Å²) in [4.78, 5) is 29.0. The van der Waals surface area contributed by atoms with Crippen molar-refractivity contribution in [1.82, 2.24) is 10.2 Å². The van der Waals surface area contributed by atoms with E-state index in [2.05, 4.69) is 5.32 Å². The van der Waals surface area contributed by atoms with Crippen LogP contribution in [-0.4, -0.2) is 41.7 Å². The molecule has 0 unspecified atom stereocenters. The number of ether oxygens (including phenoxy) is 1. The van der Waals surface area contributed by atoms with E-state index in [0.717, 1.165) is 22.6 Å². The van der Waals surface area contributed by atoms with Crippen LogP contribution in [0.15, 0.2) is 53.4 Å². The Morgan fingerprint density at radius 3 is 2.28 bits per heavy atom. The molecular weight excluding hydrogens is 444 g/mol. The molecule has 0 aliphatic heterocycles. The van der Waals surface area contributed by atoms with Gasteiger partial charge in [-0.2, -0.15) is 0 Å². The molecule has 0 bridgehead atoms. The average Bonchev–Trinajstić information content (AvgIpc) is 2.80. The fourth-order valence-corrected chi connectivity index (χ4v) is 4.19. The van der Waals surface area contributed by atoms with Gasteiger partial charge >= 0.3 is 0 Å². The van der Waals surface area contributed by atoms with Gasteiger partial charge in [0.15, 0.2) is 0 Å². The molecule has 2 aromatic rings. The van der Waals surface area contributed by atoms with Crippen molar-refractivity contribution in [2.45, 2.75) is 63.6 Å². The number of rotatable bonds is 12. The lowest BCUT2D eigenvalue weighted by atomic mass is 10.1. The second-order valence-corrected chi connectivity index (χ2v) is 9.27. The van der Waals surface area contributed by atoms with Crippen molar-refractivity contribution in [3.8, 4) is 5.75 Å². The van der Waals surface area contributed by atoms with E-state index in [1.807, 2.05) is 69.3 Å². The summed E-state index contributed by atoms with van der Waals surface area (Å²) in [6, 6.07) is 14.7. The summed E-state index contributed by atoms with van der Waals surface area (Å²) in [5.41, 5.74) is 0.958. The highest BCUT2D eigenvalue weighted by molar-refractivity contribution is 7.99. The summed E-state index contributed by atoms with van der Waals surface area (Å²) in [5, 5.41) is 3.73. The molecule has 0 aliphatic rings. The molecule has 5 nitrogen and oxygen atoms in total. The Hall–Kier alpha value is -2.18. The lowest BCUT2D eigenvalue weighted by molar-refractivity contribution is -0.141. The van der Waals surface area contributed by atoms with Gasteiger partial charge in [-0.1, -0.05) is 37.6 Å². The number of hydrogen-bond acceptors (Lipinski definition) is 4. The molecule has 0 fully saturated rings. The van der Waals surface area contributed by atoms with Gasteiger partial charge < -0.3 is 15.0 Å². The highest BCUT2D eigenvalue weighted by atomic mass is 35.5. The molecule has 0 aliphatic carbocycles. The van der Waals surface area contributed by atoms with Gasteiger partial charge in [0.2, 0.25) is 11.8 Å². The molecule has 0 heterocycles. The predicted octanol–water partition coefficient (Wildman–Crippen LogP) is 5.55. The van der Waals surface area contributed by atoms with E-state index >= 15 is 0 Å². The molecule has 0 saturated carbocycles. The molecule has 2 amide bonds. The second kappa shape index (κ2) is 13.4. The molecule has 1 N–H and O–H groups in total. The number of nitrogens with zero attached hydrogens (tertiary/aromatic N) is 1. The summed E-state index contributed by atoms with van der Waals surface area (Å²) in [5.74, 6) is 1.25. The topological polar surface area (TPSA) is 58.6 Å². The number of carbonyl (C=O) groups excluding carboxylic acids is 2. The SMILES string of the molecule is CC[C@@H](C)NC(=O)[C@@H](CC)N(Cc1ccc(OC)cc1)C(=O)CCSc1ccc(Cl)cc1. The Kier molecular flexibility index (Phi) is 10.9. The second-order valence-electron chi connectivity index (χ2n) is 7.66. The summed E-state index contributed by atoms with van der Waals surface area (Å²) in [6.45, 7) is 6.32. The van der Waals surface area contributed by atoms with Gasteiger partial charge in [-0.15, -0.1) is 11.8 Å². The highest BCUT2D eigenvalue weighted by Gasteiger charge is 2.29. The number of halogens is 1. The smallest absolute Gasteiger partial charge is 0.243 e. The van der Waals surface area contributed by atoms with Crippen molar-refractivity contribution >= 4 is 35.2 Å². The Balaban J connectivity index is 2.13. The zero-order valence-electron chi connectivity index (χ0n) is 19.3. The largest absolute Gasteiger partial charge is 0.497 e. The van der Waals surface area contributed by atoms with Crippen molar-refractivity contribution in [3.63, 3.8) is 0 Å². The minimum absolute atomic E-state index is 0.0339. The molecule has 0 aromatic heterocycles. The quantitative estimate of drug-likeness (QED) is 0.408. The molecule has 2 rings (SSSR count). The van der Waals surface area contributed by atoms with Crippen molar-refractivity contribution in [2.75, 3.05) is 12.9 Å². The van der Waals surface area contributed by atoms with Gasteiger partial charge in [0.25, 0.3) is 0 Å². The Bertz CT molecular complexity index is 858. The van der Waals surface area contributed by atoms with Crippen LogP contribution in [0.2, 0.25) is 5.02 Å². The normalized spacial score (nSPS) is 12.7. The summed E-state index contributed by atoms with van der Waals surface area (Å²) >= 11 is 7.55.